The second-order valence-corrected chi connectivity index (χ2v) is 6.49. The number of aromatic nitrogens is 2. The van der Waals surface area contributed by atoms with E-state index in [1.165, 1.54) is 5.56 Å². The van der Waals surface area contributed by atoms with E-state index in [4.69, 9.17) is 9.47 Å². The molecule has 1 aliphatic rings. The minimum atomic E-state index is 0.305. The maximum Gasteiger partial charge on any atom is 0.231 e. The molecule has 7 nitrogen and oxygen atoms in total. The lowest BCUT2D eigenvalue weighted by Crippen LogP contribution is -2.37. The fourth-order valence-electron chi connectivity index (χ4n) is 2.68. The predicted octanol–water partition coefficient (Wildman–Crippen LogP) is 2.03. The number of fused-ring (bicyclic) bond motifs is 2. The Balaban J connectivity index is 1.26. The summed E-state index contributed by atoms with van der Waals surface area (Å²) >= 11 is 1.63. The molecule has 4 rings (SSSR count). The number of hydrogen-bond donors (Lipinski definition) is 2. The van der Waals surface area contributed by atoms with Gasteiger partial charge in [-0.15, -0.1) is 11.3 Å². The van der Waals surface area contributed by atoms with E-state index in [0.717, 1.165) is 41.1 Å². The fraction of sp³-hybridized carbons (Fsp3) is 0.294. The summed E-state index contributed by atoms with van der Waals surface area (Å²) < 4.78 is 12.8. The topological polar surface area (TPSA) is 72.2 Å². The minimum Gasteiger partial charge on any atom is -0.454 e. The molecule has 0 saturated carbocycles. The lowest BCUT2D eigenvalue weighted by atomic mass is 10.1. The van der Waals surface area contributed by atoms with E-state index in [0.29, 0.717) is 13.3 Å². The summed E-state index contributed by atoms with van der Waals surface area (Å²) in [6, 6.07) is 6.04. The molecule has 0 unspecified atom stereocenters. The van der Waals surface area contributed by atoms with E-state index < -0.39 is 0 Å². The van der Waals surface area contributed by atoms with Gasteiger partial charge in [-0.1, -0.05) is 6.07 Å². The summed E-state index contributed by atoms with van der Waals surface area (Å²) in [6.07, 6.45) is 4.91. The van der Waals surface area contributed by atoms with Crippen molar-refractivity contribution in [2.45, 2.75) is 13.0 Å². The number of thiazole rings is 1. The first-order valence-electron chi connectivity index (χ1n) is 8.06. The van der Waals surface area contributed by atoms with E-state index in [9.17, 15) is 0 Å². The number of nitrogens with zero attached hydrogens (tertiary/aromatic N) is 3. The molecule has 0 bridgehead atoms. The van der Waals surface area contributed by atoms with Crippen molar-refractivity contribution in [3.63, 3.8) is 0 Å². The van der Waals surface area contributed by atoms with Gasteiger partial charge < -0.3 is 20.1 Å². The third-order valence-corrected chi connectivity index (χ3v) is 4.72. The molecule has 8 heteroatoms. The van der Waals surface area contributed by atoms with Crippen LogP contribution in [0.3, 0.4) is 0 Å². The van der Waals surface area contributed by atoms with E-state index in [1.807, 2.05) is 34.3 Å². The molecule has 0 radical (unpaired) electrons. The third-order valence-electron chi connectivity index (χ3n) is 3.95. The number of benzene rings is 1. The van der Waals surface area contributed by atoms with E-state index in [-0.39, 0.29) is 0 Å². The number of rotatable bonds is 5. The maximum atomic E-state index is 5.41. The lowest BCUT2D eigenvalue weighted by molar-refractivity contribution is 0.174. The molecule has 3 aromatic rings. The molecule has 1 aliphatic heterocycles. The molecule has 0 atom stereocenters. The first kappa shape index (κ1) is 15.8. The van der Waals surface area contributed by atoms with Crippen LogP contribution in [0.2, 0.25) is 0 Å². The van der Waals surface area contributed by atoms with Gasteiger partial charge >= 0.3 is 0 Å². The molecule has 25 heavy (non-hydrogen) atoms. The normalized spacial score (nSPS) is 13.4. The van der Waals surface area contributed by atoms with Crippen LogP contribution >= 0.6 is 11.3 Å². The molecule has 0 fully saturated rings. The van der Waals surface area contributed by atoms with Crippen molar-refractivity contribution in [1.82, 2.24) is 20.0 Å². The van der Waals surface area contributed by atoms with E-state index >= 15 is 0 Å². The van der Waals surface area contributed by atoms with Crippen molar-refractivity contribution < 1.29 is 9.47 Å². The van der Waals surface area contributed by atoms with Crippen LogP contribution in [0.1, 0.15) is 11.3 Å². The fourth-order valence-corrected chi connectivity index (χ4v) is 3.40. The molecular weight excluding hydrogens is 338 g/mol. The highest BCUT2D eigenvalue weighted by Gasteiger charge is 2.13. The van der Waals surface area contributed by atoms with Crippen molar-refractivity contribution in [2.24, 2.45) is 4.99 Å². The van der Waals surface area contributed by atoms with Crippen LogP contribution in [-0.4, -0.2) is 35.7 Å². The number of imidazole rings is 1. The standard InChI is InChI=1S/C17H19N5O2S/c1-18-16(20-9-13-10-22-6-7-25-17(22)21-13)19-5-4-12-2-3-14-15(8-12)24-11-23-14/h2-3,6-8,10H,4-5,9,11H2,1H3,(H2,18,19,20). The molecule has 0 saturated heterocycles. The largest absolute Gasteiger partial charge is 0.454 e. The third kappa shape index (κ3) is 3.53. The van der Waals surface area contributed by atoms with Crippen molar-refractivity contribution in [2.75, 3.05) is 20.4 Å². The monoisotopic (exact) mass is 357 g/mol. The van der Waals surface area contributed by atoms with Crippen molar-refractivity contribution in [3.8, 4) is 11.5 Å². The molecule has 1 aromatic carbocycles. The zero-order valence-corrected chi connectivity index (χ0v) is 14.7. The van der Waals surface area contributed by atoms with Gasteiger partial charge in [-0.2, -0.15) is 0 Å². The minimum absolute atomic E-state index is 0.305. The van der Waals surface area contributed by atoms with Gasteiger partial charge in [0.1, 0.15) is 0 Å². The molecule has 2 N–H and O–H groups in total. The van der Waals surface area contributed by atoms with Crippen LogP contribution in [0.4, 0.5) is 0 Å². The first-order valence-corrected chi connectivity index (χ1v) is 8.94. The molecular formula is C17H19N5O2S. The lowest BCUT2D eigenvalue weighted by Gasteiger charge is -2.11. The molecule has 3 heterocycles. The van der Waals surface area contributed by atoms with Crippen LogP contribution in [0, 0.1) is 0 Å². The summed E-state index contributed by atoms with van der Waals surface area (Å²) in [7, 11) is 1.77. The highest BCUT2D eigenvalue weighted by atomic mass is 32.1. The number of nitrogens with one attached hydrogen (secondary N) is 2. The average molecular weight is 357 g/mol. The Bertz CT molecular complexity index is 873. The van der Waals surface area contributed by atoms with Crippen LogP contribution < -0.4 is 20.1 Å². The number of aliphatic imine (C=N–C) groups is 1. The summed E-state index contributed by atoms with van der Waals surface area (Å²) in [5.74, 6) is 2.39. The van der Waals surface area contributed by atoms with Crippen molar-refractivity contribution >= 4 is 22.3 Å². The average Bonchev–Trinajstić information content (AvgIpc) is 3.32. The zero-order chi connectivity index (χ0) is 17.1. The van der Waals surface area contributed by atoms with Crippen molar-refractivity contribution in [3.05, 3.63) is 47.2 Å². The van der Waals surface area contributed by atoms with Crippen LogP contribution in [0.5, 0.6) is 11.5 Å². The number of ether oxygens (including phenoxy) is 2. The van der Waals surface area contributed by atoms with E-state index in [1.54, 1.807) is 18.4 Å². The van der Waals surface area contributed by atoms with Crippen molar-refractivity contribution in [1.29, 1.82) is 0 Å². The first-order chi connectivity index (χ1) is 12.3. The van der Waals surface area contributed by atoms with Gasteiger partial charge in [-0.25, -0.2) is 4.98 Å². The van der Waals surface area contributed by atoms with Gasteiger partial charge in [0, 0.05) is 31.4 Å². The van der Waals surface area contributed by atoms with Crippen LogP contribution in [-0.2, 0) is 13.0 Å². The summed E-state index contributed by atoms with van der Waals surface area (Å²) in [5.41, 5.74) is 2.19. The molecule has 0 spiro atoms. The molecule has 0 aliphatic carbocycles. The van der Waals surface area contributed by atoms with Gasteiger partial charge in [0.2, 0.25) is 6.79 Å². The Morgan fingerprint density at radius 3 is 3.12 bits per heavy atom. The molecule has 130 valence electrons. The van der Waals surface area contributed by atoms with Gasteiger partial charge in [-0.3, -0.25) is 9.39 Å². The second kappa shape index (κ2) is 7.02. The van der Waals surface area contributed by atoms with Gasteiger partial charge in [0.05, 0.1) is 12.2 Å². The summed E-state index contributed by atoms with van der Waals surface area (Å²) in [4.78, 5) is 9.80. The summed E-state index contributed by atoms with van der Waals surface area (Å²) in [6.45, 7) is 1.72. The Labute approximate surface area is 149 Å². The Kier molecular flexibility index (Phi) is 4.43. The highest BCUT2D eigenvalue weighted by Crippen LogP contribution is 2.32. The van der Waals surface area contributed by atoms with Gasteiger partial charge in [0.15, 0.2) is 22.4 Å². The smallest absolute Gasteiger partial charge is 0.231 e. The van der Waals surface area contributed by atoms with Crippen LogP contribution in [0.15, 0.2) is 41.0 Å². The maximum absolute atomic E-state index is 5.41. The SMILES string of the molecule is CN=C(NCCc1ccc2c(c1)OCO2)NCc1cn2ccsc2n1. The quantitative estimate of drug-likeness (QED) is 0.540. The number of guanidine groups is 1. The Morgan fingerprint density at radius 2 is 2.24 bits per heavy atom. The van der Waals surface area contributed by atoms with E-state index in [2.05, 4.69) is 26.7 Å². The molecule has 2 aromatic heterocycles. The van der Waals surface area contributed by atoms with Gasteiger partial charge in [-0.05, 0) is 24.1 Å². The second-order valence-electron chi connectivity index (χ2n) is 5.62. The van der Waals surface area contributed by atoms with Crippen LogP contribution in [0.25, 0.3) is 4.96 Å². The molecule has 0 amide bonds. The zero-order valence-electron chi connectivity index (χ0n) is 13.9. The number of hydrogen-bond acceptors (Lipinski definition) is 5. The Hall–Kier alpha value is -2.74. The van der Waals surface area contributed by atoms with Gasteiger partial charge in [0.25, 0.3) is 0 Å². The highest BCUT2D eigenvalue weighted by molar-refractivity contribution is 7.15. The predicted molar refractivity (Wildman–Crippen MR) is 97.5 cm³/mol. The summed E-state index contributed by atoms with van der Waals surface area (Å²) in [5, 5.41) is 8.63. The Morgan fingerprint density at radius 1 is 1.32 bits per heavy atom.